The van der Waals surface area contributed by atoms with Gasteiger partial charge in [0, 0.05) is 10.6 Å². The number of hydrogen-bond donors (Lipinski definition) is 3. The Morgan fingerprint density at radius 1 is 1.24 bits per heavy atom. The molecule has 0 saturated carbocycles. The smallest absolute Gasteiger partial charge is 0.338 e. The van der Waals surface area contributed by atoms with Crippen LogP contribution in [0, 0.1) is 0 Å². The van der Waals surface area contributed by atoms with Crippen LogP contribution in [0.4, 0.5) is 4.79 Å². The highest BCUT2D eigenvalue weighted by molar-refractivity contribution is 6.30. The van der Waals surface area contributed by atoms with Crippen LogP contribution in [0.5, 0.6) is 0 Å². The van der Waals surface area contributed by atoms with Crippen LogP contribution in [0.1, 0.15) is 25.8 Å². The van der Waals surface area contributed by atoms with Crippen LogP contribution in [-0.2, 0) is 16.1 Å². The molecular formula is C18H25ClN3O3+. The standard InChI is InChI=1S/C18H24ClN3O3/c1-4-14-16(17(23)25-5-2)15(21-18(24)20-14)11-22(3)10-12-6-8-13(19)9-7-12/h6-9,14H,4-5,10-11H2,1-3H3,(H2,20,21,24)/p+1/t14-/m0/s1. The molecule has 6 nitrogen and oxygen atoms in total. The molecule has 0 spiro atoms. The molecule has 25 heavy (non-hydrogen) atoms. The van der Waals surface area contributed by atoms with Crippen LogP contribution in [0.25, 0.3) is 0 Å². The van der Waals surface area contributed by atoms with Crippen LogP contribution in [0.2, 0.25) is 5.02 Å². The summed E-state index contributed by atoms with van der Waals surface area (Å²) in [6.07, 6.45) is 0.626. The third-order valence-electron chi connectivity index (χ3n) is 4.04. The zero-order chi connectivity index (χ0) is 18.4. The predicted octanol–water partition coefficient (Wildman–Crippen LogP) is 1.26. The third-order valence-corrected chi connectivity index (χ3v) is 4.30. The predicted molar refractivity (Wildman–Crippen MR) is 96.3 cm³/mol. The summed E-state index contributed by atoms with van der Waals surface area (Å²) in [5, 5.41) is 6.26. The highest BCUT2D eigenvalue weighted by Crippen LogP contribution is 2.16. The summed E-state index contributed by atoms with van der Waals surface area (Å²) in [4.78, 5) is 25.4. The van der Waals surface area contributed by atoms with Gasteiger partial charge in [-0.25, -0.2) is 9.59 Å². The first kappa shape index (κ1) is 19.3. The zero-order valence-electron chi connectivity index (χ0n) is 14.8. The number of quaternary nitrogens is 1. The number of carbonyl (C=O) groups is 2. The van der Waals surface area contributed by atoms with Gasteiger partial charge < -0.3 is 20.3 Å². The first-order chi connectivity index (χ1) is 11.9. The van der Waals surface area contributed by atoms with Crippen molar-refractivity contribution in [2.75, 3.05) is 20.2 Å². The second-order valence-corrected chi connectivity index (χ2v) is 6.55. The largest absolute Gasteiger partial charge is 0.463 e. The molecular weight excluding hydrogens is 342 g/mol. The number of amides is 2. The summed E-state index contributed by atoms with van der Waals surface area (Å²) >= 11 is 5.92. The van der Waals surface area contributed by atoms with Crippen LogP contribution in [0.3, 0.4) is 0 Å². The number of rotatable bonds is 7. The Labute approximate surface area is 153 Å². The van der Waals surface area contributed by atoms with E-state index >= 15 is 0 Å². The van der Waals surface area contributed by atoms with E-state index in [1.807, 2.05) is 38.2 Å². The van der Waals surface area contributed by atoms with Crippen molar-refractivity contribution < 1.29 is 19.2 Å². The van der Waals surface area contributed by atoms with E-state index in [0.717, 1.165) is 17.0 Å². The molecule has 1 aromatic carbocycles. The quantitative estimate of drug-likeness (QED) is 0.636. The van der Waals surface area contributed by atoms with Gasteiger partial charge in [0.2, 0.25) is 0 Å². The summed E-state index contributed by atoms with van der Waals surface area (Å²) in [7, 11) is 2.01. The van der Waals surface area contributed by atoms with E-state index in [1.165, 1.54) is 0 Å². The van der Waals surface area contributed by atoms with Crippen molar-refractivity contribution in [3.05, 3.63) is 46.1 Å². The van der Waals surface area contributed by atoms with E-state index in [2.05, 4.69) is 10.6 Å². The molecule has 0 aromatic heterocycles. The summed E-state index contributed by atoms with van der Waals surface area (Å²) in [6, 6.07) is 7.05. The molecule has 0 radical (unpaired) electrons. The van der Waals surface area contributed by atoms with Crippen molar-refractivity contribution in [2.24, 2.45) is 0 Å². The van der Waals surface area contributed by atoms with Gasteiger partial charge in [-0.1, -0.05) is 30.7 Å². The number of esters is 1. The molecule has 1 aliphatic rings. The monoisotopic (exact) mass is 366 g/mol. The van der Waals surface area contributed by atoms with Crippen molar-refractivity contribution >= 4 is 23.6 Å². The maximum atomic E-state index is 12.4. The Hall–Kier alpha value is -2.05. The first-order valence-corrected chi connectivity index (χ1v) is 8.85. The number of likely N-dealkylation sites (N-methyl/N-ethyl adjacent to an activating group) is 1. The van der Waals surface area contributed by atoms with Crippen LogP contribution in [0.15, 0.2) is 35.5 Å². The molecule has 0 bridgehead atoms. The molecule has 1 aliphatic heterocycles. The SMILES string of the molecule is CCOC(=O)C1=C(C[NH+](C)Cc2ccc(Cl)cc2)NC(=O)N[C@H]1CC. The number of benzene rings is 1. The van der Waals surface area contributed by atoms with Gasteiger partial charge >= 0.3 is 12.0 Å². The number of carbonyl (C=O) groups excluding carboxylic acids is 2. The van der Waals surface area contributed by atoms with Crippen molar-refractivity contribution in [1.82, 2.24) is 10.6 Å². The average Bonchev–Trinajstić information content (AvgIpc) is 2.56. The van der Waals surface area contributed by atoms with E-state index in [1.54, 1.807) is 6.92 Å². The number of nitrogens with one attached hydrogen (secondary N) is 3. The lowest BCUT2D eigenvalue weighted by Crippen LogP contribution is -3.08. The van der Waals surface area contributed by atoms with Gasteiger partial charge in [0.15, 0.2) is 0 Å². The molecule has 2 rings (SSSR count). The zero-order valence-corrected chi connectivity index (χ0v) is 15.6. The Kier molecular flexibility index (Phi) is 6.84. The van der Waals surface area contributed by atoms with Crippen molar-refractivity contribution in [1.29, 1.82) is 0 Å². The maximum absolute atomic E-state index is 12.4. The first-order valence-electron chi connectivity index (χ1n) is 8.48. The number of ether oxygens (including phenoxy) is 1. The Balaban J connectivity index is 2.19. The van der Waals surface area contributed by atoms with Gasteiger partial charge in [-0.3, -0.25) is 0 Å². The molecule has 1 heterocycles. The lowest BCUT2D eigenvalue weighted by Gasteiger charge is -2.29. The number of urea groups is 1. The Morgan fingerprint density at radius 2 is 1.92 bits per heavy atom. The van der Waals surface area contributed by atoms with Crippen molar-refractivity contribution in [3.63, 3.8) is 0 Å². The molecule has 1 unspecified atom stereocenters. The summed E-state index contributed by atoms with van der Waals surface area (Å²) < 4.78 is 5.18. The molecule has 3 N–H and O–H groups in total. The fraction of sp³-hybridized carbons (Fsp3) is 0.444. The molecule has 0 saturated heterocycles. The second kappa shape index (κ2) is 8.87. The highest BCUT2D eigenvalue weighted by atomic mass is 35.5. The normalized spacial score (nSPS) is 18.4. The molecule has 0 fully saturated rings. The lowest BCUT2D eigenvalue weighted by molar-refractivity contribution is -0.889. The third kappa shape index (κ3) is 5.21. The molecule has 2 atom stereocenters. The topological polar surface area (TPSA) is 71.9 Å². The van der Waals surface area contributed by atoms with Gasteiger partial charge in [0.05, 0.1) is 31.0 Å². The van der Waals surface area contributed by atoms with E-state index in [4.69, 9.17) is 16.3 Å². The summed E-state index contributed by atoms with van der Waals surface area (Å²) in [5.74, 6) is -0.379. The summed E-state index contributed by atoms with van der Waals surface area (Å²) in [6.45, 7) is 5.26. The van der Waals surface area contributed by atoms with E-state index in [9.17, 15) is 9.59 Å². The van der Waals surface area contributed by atoms with Crippen LogP contribution >= 0.6 is 11.6 Å². The fourth-order valence-electron chi connectivity index (χ4n) is 2.92. The minimum Gasteiger partial charge on any atom is -0.463 e. The average molecular weight is 367 g/mol. The van der Waals surface area contributed by atoms with E-state index in [0.29, 0.717) is 35.9 Å². The fourth-order valence-corrected chi connectivity index (χ4v) is 3.04. The molecule has 136 valence electrons. The maximum Gasteiger partial charge on any atom is 0.338 e. The Morgan fingerprint density at radius 3 is 2.52 bits per heavy atom. The lowest BCUT2D eigenvalue weighted by atomic mass is 10.00. The van der Waals surface area contributed by atoms with Gasteiger partial charge in [-0.15, -0.1) is 0 Å². The number of halogens is 1. The minimum atomic E-state index is -0.379. The van der Waals surface area contributed by atoms with Crippen LogP contribution in [-0.4, -0.2) is 38.2 Å². The molecule has 7 heteroatoms. The van der Waals surface area contributed by atoms with Gasteiger partial charge in [0.25, 0.3) is 0 Å². The van der Waals surface area contributed by atoms with Gasteiger partial charge in [-0.2, -0.15) is 0 Å². The molecule has 2 amide bonds. The van der Waals surface area contributed by atoms with Crippen molar-refractivity contribution in [2.45, 2.75) is 32.9 Å². The molecule has 1 aromatic rings. The molecule has 0 aliphatic carbocycles. The van der Waals surface area contributed by atoms with Gasteiger partial charge in [0.1, 0.15) is 13.1 Å². The van der Waals surface area contributed by atoms with Crippen LogP contribution < -0.4 is 15.5 Å². The Bertz CT molecular complexity index is 658. The van der Waals surface area contributed by atoms with Crippen molar-refractivity contribution in [3.8, 4) is 0 Å². The number of hydrogen-bond acceptors (Lipinski definition) is 3. The van der Waals surface area contributed by atoms with Gasteiger partial charge in [-0.05, 0) is 25.5 Å². The second-order valence-electron chi connectivity index (χ2n) is 6.11. The minimum absolute atomic E-state index is 0.283. The highest BCUT2D eigenvalue weighted by Gasteiger charge is 2.32. The van der Waals surface area contributed by atoms with E-state index in [-0.39, 0.29) is 18.0 Å². The summed E-state index contributed by atoms with van der Waals surface area (Å²) in [5.41, 5.74) is 2.27. The van der Waals surface area contributed by atoms with E-state index < -0.39 is 0 Å².